The molecule has 0 saturated heterocycles. The molecule has 146 valence electrons. The molecule has 4 aromatic rings. The molecule has 0 saturated carbocycles. The van der Waals surface area contributed by atoms with Crippen molar-refractivity contribution in [2.45, 2.75) is 36.7 Å². The molecule has 3 heterocycles. The number of nitrogens with one attached hydrogen (secondary N) is 1. The molecule has 0 amide bonds. The summed E-state index contributed by atoms with van der Waals surface area (Å²) in [7, 11) is 0. The van der Waals surface area contributed by atoms with Gasteiger partial charge in [-0.15, -0.1) is 28.1 Å². The van der Waals surface area contributed by atoms with E-state index >= 15 is 0 Å². The quantitative estimate of drug-likeness (QED) is 0.373. The molecule has 0 bridgehead atoms. The van der Waals surface area contributed by atoms with Crippen LogP contribution in [0.15, 0.2) is 52.9 Å². The van der Waals surface area contributed by atoms with Crippen LogP contribution < -0.4 is 5.56 Å². The highest BCUT2D eigenvalue weighted by molar-refractivity contribution is 7.98. The molecule has 3 aromatic heterocycles. The molecule has 8 heteroatoms. The maximum Gasteiger partial charge on any atom is 0.259 e. The predicted octanol–water partition coefficient (Wildman–Crippen LogP) is 4.21. The van der Waals surface area contributed by atoms with Crippen molar-refractivity contribution in [1.29, 1.82) is 0 Å². The Morgan fingerprint density at radius 3 is 2.93 bits per heavy atom. The van der Waals surface area contributed by atoms with Crippen molar-refractivity contribution < 1.29 is 0 Å². The van der Waals surface area contributed by atoms with E-state index in [-0.39, 0.29) is 5.56 Å². The SMILES string of the molecule is C=CCn1c(SCc2nc3sc4c(c3c(=O)[nH]2)CCC4)nnc1-c1ccccc1. The number of thiophene rings is 1. The monoisotopic (exact) mass is 421 g/mol. The fraction of sp³-hybridized carbons (Fsp3) is 0.238. The van der Waals surface area contributed by atoms with Crippen LogP contribution >= 0.6 is 23.1 Å². The van der Waals surface area contributed by atoms with E-state index < -0.39 is 0 Å². The molecule has 1 aliphatic rings. The first-order valence-corrected chi connectivity index (χ1v) is 11.3. The van der Waals surface area contributed by atoms with Crippen molar-refractivity contribution in [3.8, 4) is 11.4 Å². The summed E-state index contributed by atoms with van der Waals surface area (Å²) in [4.78, 5) is 22.5. The Hall–Kier alpha value is -2.71. The van der Waals surface area contributed by atoms with Crippen molar-refractivity contribution in [2.75, 3.05) is 0 Å². The summed E-state index contributed by atoms with van der Waals surface area (Å²) in [5.74, 6) is 2.00. The van der Waals surface area contributed by atoms with Crippen molar-refractivity contribution in [3.05, 3.63) is 69.6 Å². The minimum absolute atomic E-state index is 0.0254. The van der Waals surface area contributed by atoms with Gasteiger partial charge in [0.05, 0.1) is 11.1 Å². The Kier molecular flexibility index (Phi) is 4.81. The standard InChI is InChI=1S/C21H19N5OS2/c1-2-11-26-18(13-7-4-3-5-8-13)24-25-21(26)28-12-16-22-19(27)17-14-9-6-10-15(14)29-20(17)23-16/h2-5,7-8H,1,6,9-12H2,(H,22,23,27). The highest BCUT2D eigenvalue weighted by Crippen LogP contribution is 2.35. The third-order valence-electron chi connectivity index (χ3n) is 5.02. The molecule has 29 heavy (non-hydrogen) atoms. The van der Waals surface area contributed by atoms with Gasteiger partial charge in [0.1, 0.15) is 10.7 Å². The molecule has 5 rings (SSSR count). The normalized spacial score (nSPS) is 13.1. The molecular formula is C21H19N5OS2. The van der Waals surface area contributed by atoms with Gasteiger partial charge in [-0.05, 0) is 24.8 Å². The fourth-order valence-electron chi connectivity index (χ4n) is 3.74. The number of benzene rings is 1. The summed E-state index contributed by atoms with van der Waals surface area (Å²) >= 11 is 3.18. The number of rotatable bonds is 6. The summed E-state index contributed by atoms with van der Waals surface area (Å²) in [6, 6.07) is 9.97. The Morgan fingerprint density at radius 2 is 2.10 bits per heavy atom. The number of aromatic amines is 1. The van der Waals surface area contributed by atoms with E-state index in [0.29, 0.717) is 18.1 Å². The third-order valence-corrected chi connectivity index (χ3v) is 7.19. The zero-order valence-electron chi connectivity index (χ0n) is 15.7. The van der Waals surface area contributed by atoms with Gasteiger partial charge in [-0.1, -0.05) is 48.2 Å². The third kappa shape index (κ3) is 3.32. The first-order valence-electron chi connectivity index (χ1n) is 9.50. The lowest BCUT2D eigenvalue weighted by Gasteiger charge is -2.07. The first kappa shape index (κ1) is 18.3. The summed E-state index contributed by atoms with van der Waals surface area (Å²) in [5, 5.41) is 10.3. The van der Waals surface area contributed by atoms with E-state index in [1.165, 1.54) is 22.2 Å². The predicted molar refractivity (Wildman–Crippen MR) is 117 cm³/mol. The van der Waals surface area contributed by atoms with E-state index in [1.807, 2.05) is 41.0 Å². The summed E-state index contributed by atoms with van der Waals surface area (Å²) < 4.78 is 2.03. The second-order valence-electron chi connectivity index (χ2n) is 6.91. The van der Waals surface area contributed by atoms with E-state index in [9.17, 15) is 4.79 Å². The number of nitrogens with zero attached hydrogens (tertiary/aromatic N) is 4. The van der Waals surface area contributed by atoms with E-state index in [4.69, 9.17) is 4.98 Å². The average Bonchev–Trinajstić information content (AvgIpc) is 3.42. The number of aryl methyl sites for hydroxylation is 2. The molecule has 0 fully saturated rings. The van der Waals surface area contributed by atoms with Gasteiger partial charge in [-0.3, -0.25) is 9.36 Å². The second-order valence-corrected chi connectivity index (χ2v) is 8.94. The van der Waals surface area contributed by atoms with E-state index in [2.05, 4.69) is 21.8 Å². The van der Waals surface area contributed by atoms with E-state index in [0.717, 1.165) is 46.0 Å². The second kappa shape index (κ2) is 7.61. The van der Waals surface area contributed by atoms with Gasteiger partial charge in [0.15, 0.2) is 11.0 Å². The Labute approximate surface area is 175 Å². The molecular weight excluding hydrogens is 402 g/mol. The largest absolute Gasteiger partial charge is 0.309 e. The molecule has 1 aromatic carbocycles. The molecule has 0 unspecified atom stereocenters. The van der Waals surface area contributed by atoms with Crippen LogP contribution in [0.2, 0.25) is 0 Å². The van der Waals surface area contributed by atoms with Crippen LogP contribution in [0, 0.1) is 0 Å². The van der Waals surface area contributed by atoms with Crippen LogP contribution in [0.25, 0.3) is 21.6 Å². The van der Waals surface area contributed by atoms with Gasteiger partial charge in [-0.25, -0.2) is 4.98 Å². The Balaban J connectivity index is 1.44. The van der Waals surface area contributed by atoms with Gasteiger partial charge in [0.25, 0.3) is 5.56 Å². The molecule has 0 aliphatic heterocycles. The van der Waals surface area contributed by atoms with Crippen LogP contribution in [0.5, 0.6) is 0 Å². The minimum Gasteiger partial charge on any atom is -0.309 e. The maximum absolute atomic E-state index is 12.6. The summed E-state index contributed by atoms with van der Waals surface area (Å²) in [5.41, 5.74) is 2.19. The lowest BCUT2D eigenvalue weighted by molar-refractivity contribution is 0.730. The van der Waals surface area contributed by atoms with Gasteiger partial charge >= 0.3 is 0 Å². The number of hydrogen-bond acceptors (Lipinski definition) is 6. The van der Waals surface area contributed by atoms with Crippen molar-refractivity contribution >= 4 is 33.3 Å². The van der Waals surface area contributed by atoms with Crippen LogP contribution in [0.4, 0.5) is 0 Å². The number of thioether (sulfide) groups is 1. The van der Waals surface area contributed by atoms with Crippen LogP contribution in [-0.2, 0) is 25.1 Å². The van der Waals surface area contributed by atoms with Crippen LogP contribution in [0.1, 0.15) is 22.7 Å². The zero-order valence-corrected chi connectivity index (χ0v) is 17.4. The van der Waals surface area contributed by atoms with Gasteiger partial charge in [-0.2, -0.15) is 0 Å². The Morgan fingerprint density at radius 1 is 1.24 bits per heavy atom. The molecule has 6 nitrogen and oxygen atoms in total. The summed E-state index contributed by atoms with van der Waals surface area (Å²) in [6.45, 7) is 4.47. The number of aromatic nitrogens is 5. The molecule has 1 aliphatic carbocycles. The lowest BCUT2D eigenvalue weighted by Crippen LogP contribution is -2.11. The number of hydrogen-bond donors (Lipinski definition) is 1. The smallest absolute Gasteiger partial charge is 0.259 e. The fourth-order valence-corrected chi connectivity index (χ4v) is 5.84. The topological polar surface area (TPSA) is 76.5 Å². The highest BCUT2D eigenvalue weighted by atomic mass is 32.2. The highest BCUT2D eigenvalue weighted by Gasteiger charge is 2.21. The van der Waals surface area contributed by atoms with Crippen molar-refractivity contribution in [3.63, 3.8) is 0 Å². The number of allylic oxidation sites excluding steroid dienone is 1. The van der Waals surface area contributed by atoms with E-state index in [1.54, 1.807) is 11.3 Å². The maximum atomic E-state index is 12.6. The zero-order chi connectivity index (χ0) is 19.8. The minimum atomic E-state index is -0.0254. The first-order chi connectivity index (χ1) is 14.2. The average molecular weight is 422 g/mol. The number of H-pyrrole nitrogens is 1. The van der Waals surface area contributed by atoms with Crippen molar-refractivity contribution in [1.82, 2.24) is 24.7 Å². The molecule has 0 spiro atoms. The lowest BCUT2D eigenvalue weighted by atomic mass is 10.2. The van der Waals surface area contributed by atoms with Gasteiger partial charge in [0.2, 0.25) is 0 Å². The van der Waals surface area contributed by atoms with Crippen LogP contribution in [0.3, 0.4) is 0 Å². The molecule has 1 N–H and O–H groups in total. The number of fused-ring (bicyclic) bond motifs is 3. The summed E-state index contributed by atoms with van der Waals surface area (Å²) in [6.07, 6.45) is 5.02. The molecule has 0 atom stereocenters. The van der Waals surface area contributed by atoms with Crippen molar-refractivity contribution in [2.24, 2.45) is 0 Å². The van der Waals surface area contributed by atoms with Crippen LogP contribution in [-0.4, -0.2) is 24.7 Å². The van der Waals surface area contributed by atoms with Gasteiger partial charge in [0, 0.05) is 17.0 Å². The van der Waals surface area contributed by atoms with Gasteiger partial charge < -0.3 is 4.98 Å². The molecule has 0 radical (unpaired) electrons. The Bertz CT molecular complexity index is 1260.